The van der Waals surface area contributed by atoms with Crippen LogP contribution in [-0.4, -0.2) is 25.6 Å². The van der Waals surface area contributed by atoms with Gasteiger partial charge >= 0.3 is 0 Å². The number of nitrogens with one attached hydrogen (secondary N) is 2. The molecule has 1 aromatic carbocycles. The molecule has 106 valence electrons. The molecule has 0 aromatic heterocycles. The van der Waals surface area contributed by atoms with Gasteiger partial charge in [0.05, 0.1) is 0 Å². The first kappa shape index (κ1) is 15.8. The Morgan fingerprint density at radius 3 is 2.84 bits per heavy atom. The Morgan fingerprint density at radius 2 is 2.21 bits per heavy atom. The predicted molar refractivity (Wildman–Crippen MR) is 77.6 cm³/mol. The molecule has 4 nitrogen and oxygen atoms in total. The fourth-order valence-electron chi connectivity index (χ4n) is 1.63. The fourth-order valence-corrected chi connectivity index (χ4v) is 1.87. The second-order valence-electron chi connectivity index (χ2n) is 4.30. The van der Waals surface area contributed by atoms with Crippen LogP contribution in [0.4, 0.5) is 0 Å². The van der Waals surface area contributed by atoms with E-state index in [2.05, 4.69) is 10.6 Å². The maximum absolute atomic E-state index is 11.8. The molecule has 0 heterocycles. The second-order valence-corrected chi connectivity index (χ2v) is 4.71. The molecule has 5 heteroatoms. The average Bonchev–Trinajstić information content (AvgIpc) is 2.39. The van der Waals surface area contributed by atoms with Crippen molar-refractivity contribution in [2.45, 2.75) is 32.9 Å². The summed E-state index contributed by atoms with van der Waals surface area (Å²) in [5.74, 6) is 0.526. The quantitative estimate of drug-likeness (QED) is 0.808. The van der Waals surface area contributed by atoms with Crippen LogP contribution >= 0.6 is 11.6 Å². The summed E-state index contributed by atoms with van der Waals surface area (Å²) in [7, 11) is 1.84. The van der Waals surface area contributed by atoms with Crippen LogP contribution in [0.15, 0.2) is 18.2 Å². The first-order chi connectivity index (χ1) is 9.10. The number of amides is 1. The molecule has 0 aliphatic rings. The van der Waals surface area contributed by atoms with Gasteiger partial charge in [-0.2, -0.15) is 0 Å². The third-order valence-corrected chi connectivity index (χ3v) is 3.01. The Morgan fingerprint density at radius 1 is 1.47 bits per heavy atom. The van der Waals surface area contributed by atoms with Gasteiger partial charge in [0.1, 0.15) is 5.75 Å². The van der Waals surface area contributed by atoms with Crippen molar-refractivity contribution in [3.05, 3.63) is 28.8 Å². The first-order valence-electron chi connectivity index (χ1n) is 6.46. The summed E-state index contributed by atoms with van der Waals surface area (Å²) in [6.07, 6.45) is 0.362. The molecular formula is C14H21ClN2O2. The summed E-state index contributed by atoms with van der Waals surface area (Å²) in [6, 6.07) is 5.44. The zero-order chi connectivity index (χ0) is 14.3. The number of benzene rings is 1. The molecule has 0 radical (unpaired) electrons. The lowest BCUT2D eigenvalue weighted by Gasteiger charge is -2.17. The normalized spacial score (nSPS) is 12.0. The van der Waals surface area contributed by atoms with Gasteiger partial charge in [-0.05, 0) is 32.5 Å². The third-order valence-electron chi connectivity index (χ3n) is 2.65. The van der Waals surface area contributed by atoms with E-state index in [4.69, 9.17) is 16.3 Å². The third kappa shape index (κ3) is 4.73. The van der Waals surface area contributed by atoms with E-state index < -0.39 is 6.10 Å². The minimum absolute atomic E-state index is 0.114. The van der Waals surface area contributed by atoms with Crippen molar-refractivity contribution in [3.63, 3.8) is 0 Å². The molecule has 0 saturated carbocycles. The van der Waals surface area contributed by atoms with E-state index >= 15 is 0 Å². The summed E-state index contributed by atoms with van der Waals surface area (Å²) in [4.78, 5) is 11.8. The van der Waals surface area contributed by atoms with Crippen molar-refractivity contribution in [1.29, 1.82) is 0 Å². The van der Waals surface area contributed by atoms with Gasteiger partial charge in [0, 0.05) is 23.7 Å². The van der Waals surface area contributed by atoms with E-state index in [0.29, 0.717) is 23.9 Å². The van der Waals surface area contributed by atoms with E-state index in [1.54, 1.807) is 6.92 Å². The molecule has 1 rings (SSSR count). The van der Waals surface area contributed by atoms with Crippen LogP contribution in [0, 0.1) is 0 Å². The van der Waals surface area contributed by atoms with Crippen molar-refractivity contribution in [2.24, 2.45) is 0 Å². The molecule has 1 amide bonds. The van der Waals surface area contributed by atoms with E-state index in [9.17, 15) is 4.79 Å². The highest BCUT2D eigenvalue weighted by Crippen LogP contribution is 2.27. The lowest BCUT2D eigenvalue weighted by atomic mass is 10.2. The highest BCUT2D eigenvalue weighted by Gasteiger charge is 2.16. The molecular weight excluding hydrogens is 264 g/mol. The SMILES string of the molecule is CCCNC(=O)C(C)Oc1cccc(Cl)c1CNC. The van der Waals surface area contributed by atoms with Crippen LogP contribution < -0.4 is 15.4 Å². The number of hydrogen-bond acceptors (Lipinski definition) is 3. The van der Waals surface area contributed by atoms with E-state index in [-0.39, 0.29) is 5.91 Å². The number of rotatable bonds is 7. The number of ether oxygens (including phenoxy) is 1. The number of halogens is 1. The van der Waals surface area contributed by atoms with Crippen LogP contribution in [0.2, 0.25) is 5.02 Å². The molecule has 0 spiro atoms. The molecule has 1 atom stereocenters. The number of carbonyl (C=O) groups excluding carboxylic acids is 1. The lowest BCUT2D eigenvalue weighted by Crippen LogP contribution is -2.36. The van der Waals surface area contributed by atoms with Gasteiger partial charge in [-0.3, -0.25) is 4.79 Å². The van der Waals surface area contributed by atoms with Gasteiger partial charge in [0.25, 0.3) is 5.91 Å². The summed E-state index contributed by atoms with van der Waals surface area (Å²) >= 11 is 6.13. The van der Waals surface area contributed by atoms with E-state index in [1.165, 1.54) is 0 Å². The Kier molecular flexibility index (Phi) is 6.67. The van der Waals surface area contributed by atoms with E-state index in [1.807, 2.05) is 32.2 Å². The highest BCUT2D eigenvalue weighted by atomic mass is 35.5. The molecule has 0 aliphatic heterocycles. The number of carbonyl (C=O) groups is 1. The maximum atomic E-state index is 11.8. The molecule has 1 unspecified atom stereocenters. The van der Waals surface area contributed by atoms with Crippen LogP contribution in [0.5, 0.6) is 5.75 Å². The van der Waals surface area contributed by atoms with Crippen LogP contribution in [0.3, 0.4) is 0 Å². The Labute approximate surface area is 119 Å². The van der Waals surface area contributed by atoms with Crippen molar-refractivity contribution < 1.29 is 9.53 Å². The molecule has 0 fully saturated rings. The van der Waals surface area contributed by atoms with Gasteiger partial charge < -0.3 is 15.4 Å². The maximum Gasteiger partial charge on any atom is 0.260 e. The van der Waals surface area contributed by atoms with Gasteiger partial charge in [-0.15, -0.1) is 0 Å². The summed E-state index contributed by atoms with van der Waals surface area (Å²) in [6.45, 7) is 4.99. The van der Waals surface area contributed by atoms with Gasteiger partial charge in [-0.25, -0.2) is 0 Å². The summed E-state index contributed by atoms with van der Waals surface area (Å²) in [5.41, 5.74) is 0.863. The first-order valence-corrected chi connectivity index (χ1v) is 6.84. The van der Waals surface area contributed by atoms with Crippen LogP contribution in [0.1, 0.15) is 25.8 Å². The minimum Gasteiger partial charge on any atom is -0.481 e. The molecule has 2 N–H and O–H groups in total. The molecule has 19 heavy (non-hydrogen) atoms. The van der Waals surface area contributed by atoms with Gasteiger partial charge in [-0.1, -0.05) is 24.6 Å². The van der Waals surface area contributed by atoms with Gasteiger partial charge in [0.15, 0.2) is 6.10 Å². The summed E-state index contributed by atoms with van der Waals surface area (Å²) in [5, 5.41) is 6.48. The zero-order valence-electron chi connectivity index (χ0n) is 11.6. The monoisotopic (exact) mass is 284 g/mol. The molecule has 0 aliphatic carbocycles. The van der Waals surface area contributed by atoms with Crippen molar-refractivity contribution in [1.82, 2.24) is 10.6 Å². The minimum atomic E-state index is -0.541. The molecule has 0 saturated heterocycles. The topological polar surface area (TPSA) is 50.4 Å². The van der Waals surface area contributed by atoms with Gasteiger partial charge in [0.2, 0.25) is 0 Å². The second kappa shape index (κ2) is 8.02. The Hall–Kier alpha value is -1.26. The largest absolute Gasteiger partial charge is 0.481 e. The fraction of sp³-hybridized carbons (Fsp3) is 0.500. The lowest BCUT2D eigenvalue weighted by molar-refractivity contribution is -0.127. The highest BCUT2D eigenvalue weighted by molar-refractivity contribution is 6.31. The van der Waals surface area contributed by atoms with Crippen molar-refractivity contribution in [3.8, 4) is 5.75 Å². The predicted octanol–water partition coefficient (Wildman–Crippen LogP) is 2.35. The standard InChI is InChI=1S/C14H21ClN2O2/c1-4-8-17-14(18)10(2)19-13-7-5-6-12(15)11(13)9-16-3/h5-7,10,16H,4,8-9H2,1-3H3,(H,17,18). The van der Waals surface area contributed by atoms with E-state index in [0.717, 1.165) is 12.0 Å². The van der Waals surface area contributed by atoms with Crippen LogP contribution in [0.25, 0.3) is 0 Å². The zero-order valence-corrected chi connectivity index (χ0v) is 12.4. The summed E-state index contributed by atoms with van der Waals surface area (Å²) < 4.78 is 5.70. The number of hydrogen-bond donors (Lipinski definition) is 2. The van der Waals surface area contributed by atoms with Crippen molar-refractivity contribution in [2.75, 3.05) is 13.6 Å². The molecule has 1 aromatic rings. The average molecular weight is 285 g/mol. The Bertz CT molecular complexity index is 424. The smallest absolute Gasteiger partial charge is 0.260 e. The Balaban J connectivity index is 2.75. The molecule has 0 bridgehead atoms. The van der Waals surface area contributed by atoms with Crippen molar-refractivity contribution >= 4 is 17.5 Å². The van der Waals surface area contributed by atoms with Crippen LogP contribution in [-0.2, 0) is 11.3 Å².